The number of hydrogen-bond donors (Lipinski definition) is 1. The molecule has 0 aliphatic carbocycles. The normalized spacial score (nSPS) is 11.2. The van der Waals surface area contributed by atoms with E-state index in [1.807, 2.05) is 0 Å². The van der Waals surface area contributed by atoms with Gasteiger partial charge in [0.25, 0.3) is 10.0 Å². The average molecular weight is 397 g/mol. The predicted octanol–water partition coefficient (Wildman–Crippen LogP) is 4.46. The summed E-state index contributed by atoms with van der Waals surface area (Å²) < 4.78 is 37.6. The van der Waals surface area contributed by atoms with Crippen LogP contribution in [0.15, 0.2) is 35.2 Å². The van der Waals surface area contributed by atoms with Crippen molar-refractivity contribution in [2.75, 3.05) is 18.9 Å². The Morgan fingerprint density at radius 3 is 1.87 bits per heavy atom. The van der Waals surface area contributed by atoms with E-state index in [1.54, 1.807) is 6.07 Å². The highest BCUT2D eigenvalue weighted by Crippen LogP contribution is 2.33. The zero-order valence-electron chi connectivity index (χ0n) is 12.1. The zero-order valence-corrected chi connectivity index (χ0v) is 15.1. The minimum atomic E-state index is -3.97. The molecule has 2 rings (SSSR count). The van der Waals surface area contributed by atoms with Crippen molar-refractivity contribution in [3.05, 3.63) is 45.4 Å². The maximum Gasteiger partial charge on any atom is 0.263 e. The standard InChI is InChI=1S/C14H12Cl3NO4S/c1-21-9-3-8(4-10(5-9)22-2)18-23(19,20)14-7-12(16)11(15)6-13(14)17/h3-7,18H,1-2H3. The lowest BCUT2D eigenvalue weighted by Gasteiger charge is -2.12. The molecule has 9 heteroatoms. The van der Waals surface area contributed by atoms with Crippen molar-refractivity contribution in [2.24, 2.45) is 0 Å². The first kappa shape index (κ1) is 18.0. The molecule has 1 N–H and O–H groups in total. The number of nitrogens with one attached hydrogen (secondary N) is 1. The van der Waals surface area contributed by atoms with Crippen LogP contribution in [0.2, 0.25) is 15.1 Å². The molecule has 0 aromatic heterocycles. The van der Waals surface area contributed by atoms with Gasteiger partial charge in [-0.05, 0) is 12.1 Å². The summed E-state index contributed by atoms with van der Waals surface area (Å²) in [6.07, 6.45) is 0. The van der Waals surface area contributed by atoms with Crippen LogP contribution >= 0.6 is 34.8 Å². The molecule has 0 heterocycles. The van der Waals surface area contributed by atoms with Gasteiger partial charge in [0.15, 0.2) is 0 Å². The van der Waals surface area contributed by atoms with Crippen LogP contribution in [0.3, 0.4) is 0 Å². The molecule has 2 aromatic carbocycles. The summed E-state index contributed by atoms with van der Waals surface area (Å²) in [6, 6.07) is 7.08. The van der Waals surface area contributed by atoms with E-state index in [9.17, 15) is 8.42 Å². The molecule has 0 spiro atoms. The molecule has 0 fully saturated rings. The fraction of sp³-hybridized carbons (Fsp3) is 0.143. The second-order valence-electron chi connectivity index (χ2n) is 4.40. The second kappa shape index (κ2) is 7.05. The van der Waals surface area contributed by atoms with Crippen LogP contribution in [0.1, 0.15) is 0 Å². The van der Waals surface area contributed by atoms with E-state index in [-0.39, 0.29) is 25.7 Å². The van der Waals surface area contributed by atoms with Crippen LogP contribution < -0.4 is 14.2 Å². The number of hydrogen-bond acceptors (Lipinski definition) is 4. The minimum absolute atomic E-state index is 0.0400. The van der Waals surface area contributed by atoms with Gasteiger partial charge in [-0.3, -0.25) is 4.72 Å². The van der Waals surface area contributed by atoms with E-state index in [4.69, 9.17) is 44.3 Å². The fourth-order valence-corrected chi connectivity index (χ4v) is 3.83. The van der Waals surface area contributed by atoms with Crippen molar-refractivity contribution in [2.45, 2.75) is 4.90 Å². The average Bonchev–Trinajstić information content (AvgIpc) is 2.49. The lowest BCUT2D eigenvalue weighted by molar-refractivity contribution is 0.395. The third-order valence-corrected chi connectivity index (χ3v) is 5.44. The van der Waals surface area contributed by atoms with Gasteiger partial charge in [0.1, 0.15) is 16.4 Å². The van der Waals surface area contributed by atoms with Gasteiger partial charge in [0, 0.05) is 18.2 Å². The molecule has 0 aliphatic rings. The van der Waals surface area contributed by atoms with Gasteiger partial charge in [-0.25, -0.2) is 8.42 Å². The van der Waals surface area contributed by atoms with Crippen molar-refractivity contribution in [1.29, 1.82) is 0 Å². The van der Waals surface area contributed by atoms with Crippen LogP contribution in [0.25, 0.3) is 0 Å². The van der Waals surface area contributed by atoms with Gasteiger partial charge >= 0.3 is 0 Å². The molecule has 0 bridgehead atoms. The largest absolute Gasteiger partial charge is 0.497 e. The van der Waals surface area contributed by atoms with Gasteiger partial charge < -0.3 is 9.47 Å². The Morgan fingerprint density at radius 1 is 0.826 bits per heavy atom. The van der Waals surface area contributed by atoms with E-state index in [0.29, 0.717) is 11.5 Å². The summed E-state index contributed by atoms with van der Waals surface area (Å²) >= 11 is 17.6. The second-order valence-corrected chi connectivity index (χ2v) is 7.28. The third kappa shape index (κ3) is 4.14. The molecule has 0 radical (unpaired) electrons. The first-order valence-electron chi connectivity index (χ1n) is 6.17. The maximum atomic E-state index is 12.5. The molecular formula is C14H12Cl3NO4S. The molecule has 0 amide bonds. The van der Waals surface area contributed by atoms with Gasteiger partial charge in [-0.15, -0.1) is 0 Å². The molecule has 23 heavy (non-hydrogen) atoms. The molecule has 2 aromatic rings. The van der Waals surface area contributed by atoms with Gasteiger partial charge in [-0.1, -0.05) is 34.8 Å². The molecule has 124 valence electrons. The molecule has 0 saturated carbocycles. The van der Waals surface area contributed by atoms with Crippen molar-refractivity contribution < 1.29 is 17.9 Å². The SMILES string of the molecule is COc1cc(NS(=O)(=O)c2cc(Cl)c(Cl)cc2Cl)cc(OC)c1. The minimum Gasteiger partial charge on any atom is -0.497 e. The summed E-state index contributed by atoms with van der Waals surface area (Å²) in [7, 11) is -1.05. The number of methoxy groups -OCH3 is 2. The molecule has 0 saturated heterocycles. The van der Waals surface area contributed by atoms with Crippen molar-refractivity contribution in [3.8, 4) is 11.5 Å². The number of rotatable bonds is 5. The highest BCUT2D eigenvalue weighted by molar-refractivity contribution is 7.92. The Hall–Kier alpha value is -1.34. The molecule has 5 nitrogen and oxygen atoms in total. The van der Waals surface area contributed by atoms with Crippen LogP contribution in [0, 0.1) is 0 Å². The van der Waals surface area contributed by atoms with E-state index in [1.165, 1.54) is 38.5 Å². The molecule has 0 aliphatic heterocycles. The summed E-state index contributed by atoms with van der Waals surface area (Å²) in [4.78, 5) is -0.185. The Labute approximate surface area is 149 Å². The monoisotopic (exact) mass is 395 g/mol. The number of sulfonamides is 1. The molecular weight excluding hydrogens is 385 g/mol. The van der Waals surface area contributed by atoms with Gasteiger partial charge in [0.05, 0.1) is 35.0 Å². The van der Waals surface area contributed by atoms with Crippen LogP contribution in [-0.2, 0) is 10.0 Å². The van der Waals surface area contributed by atoms with Crippen LogP contribution in [0.5, 0.6) is 11.5 Å². The highest BCUT2D eigenvalue weighted by atomic mass is 35.5. The lowest BCUT2D eigenvalue weighted by atomic mass is 10.3. The summed E-state index contributed by atoms with van der Waals surface area (Å²) in [6.45, 7) is 0. The van der Waals surface area contributed by atoms with Gasteiger partial charge in [-0.2, -0.15) is 0 Å². The number of ether oxygens (including phenoxy) is 2. The Morgan fingerprint density at radius 2 is 1.35 bits per heavy atom. The fourth-order valence-electron chi connectivity index (χ4n) is 1.79. The Kier molecular flexibility index (Phi) is 5.52. The number of benzene rings is 2. The number of anilines is 1. The maximum absolute atomic E-state index is 12.5. The van der Waals surface area contributed by atoms with Crippen molar-refractivity contribution in [3.63, 3.8) is 0 Å². The highest BCUT2D eigenvalue weighted by Gasteiger charge is 2.20. The first-order valence-corrected chi connectivity index (χ1v) is 8.79. The van der Waals surface area contributed by atoms with Crippen molar-refractivity contribution in [1.82, 2.24) is 0 Å². The number of halogens is 3. The Bertz CT molecular complexity index is 818. The lowest BCUT2D eigenvalue weighted by Crippen LogP contribution is -2.13. The smallest absolute Gasteiger partial charge is 0.263 e. The quantitative estimate of drug-likeness (QED) is 0.758. The van der Waals surface area contributed by atoms with E-state index in [0.717, 1.165) is 0 Å². The van der Waals surface area contributed by atoms with Crippen LogP contribution in [0.4, 0.5) is 5.69 Å². The van der Waals surface area contributed by atoms with E-state index >= 15 is 0 Å². The third-order valence-electron chi connectivity index (χ3n) is 2.87. The Balaban J connectivity index is 2.44. The van der Waals surface area contributed by atoms with E-state index < -0.39 is 10.0 Å². The molecule has 0 unspecified atom stereocenters. The zero-order chi connectivity index (χ0) is 17.2. The summed E-state index contributed by atoms with van der Waals surface area (Å²) in [5, 5.41) is 0.208. The van der Waals surface area contributed by atoms with Crippen molar-refractivity contribution >= 4 is 50.5 Å². The topological polar surface area (TPSA) is 64.6 Å². The first-order chi connectivity index (χ1) is 10.8. The summed E-state index contributed by atoms with van der Waals surface area (Å²) in [5.74, 6) is 0.865. The predicted molar refractivity (Wildman–Crippen MR) is 91.8 cm³/mol. The van der Waals surface area contributed by atoms with E-state index in [2.05, 4.69) is 4.72 Å². The summed E-state index contributed by atoms with van der Waals surface area (Å²) in [5.41, 5.74) is 0.253. The van der Waals surface area contributed by atoms with Gasteiger partial charge in [0.2, 0.25) is 0 Å². The van der Waals surface area contributed by atoms with Crippen LogP contribution in [-0.4, -0.2) is 22.6 Å². The molecule has 0 atom stereocenters.